The molecule has 116 valence electrons. The number of methoxy groups -OCH3 is 1. The zero-order valence-corrected chi connectivity index (χ0v) is 12.4. The zero-order valence-electron chi connectivity index (χ0n) is 12.4. The second kappa shape index (κ2) is 7.21. The van der Waals surface area contributed by atoms with Crippen LogP contribution in [-0.2, 0) is 20.9 Å². The SMILES string of the molecule is COC1CCCCN(CC(=O)N(C)Cc2ccon2)C1=O. The molecule has 0 radical (unpaired) electrons. The van der Waals surface area contributed by atoms with Crippen molar-refractivity contribution >= 4 is 11.8 Å². The van der Waals surface area contributed by atoms with Crippen molar-refractivity contribution in [1.82, 2.24) is 15.0 Å². The van der Waals surface area contributed by atoms with Crippen LogP contribution in [0, 0.1) is 0 Å². The number of nitrogens with zero attached hydrogens (tertiary/aromatic N) is 3. The number of likely N-dealkylation sites (tertiary alicyclic amines) is 1. The van der Waals surface area contributed by atoms with E-state index in [-0.39, 0.29) is 18.4 Å². The molecule has 21 heavy (non-hydrogen) atoms. The molecule has 1 unspecified atom stereocenters. The summed E-state index contributed by atoms with van der Waals surface area (Å²) in [4.78, 5) is 27.6. The molecule has 2 rings (SSSR count). The molecule has 1 aliphatic heterocycles. The lowest BCUT2D eigenvalue weighted by Crippen LogP contribution is -2.45. The molecule has 0 spiro atoms. The summed E-state index contributed by atoms with van der Waals surface area (Å²) >= 11 is 0. The molecule has 7 heteroatoms. The Kier molecular flexibility index (Phi) is 5.32. The van der Waals surface area contributed by atoms with E-state index >= 15 is 0 Å². The molecule has 0 saturated carbocycles. The molecule has 1 fully saturated rings. The minimum Gasteiger partial charge on any atom is -0.372 e. The fourth-order valence-corrected chi connectivity index (χ4v) is 2.38. The molecule has 0 aliphatic carbocycles. The Hall–Kier alpha value is -1.89. The van der Waals surface area contributed by atoms with Gasteiger partial charge in [-0.25, -0.2) is 0 Å². The summed E-state index contributed by atoms with van der Waals surface area (Å²) in [5.74, 6) is -0.221. The Morgan fingerprint density at radius 2 is 2.38 bits per heavy atom. The van der Waals surface area contributed by atoms with E-state index in [1.807, 2.05) is 0 Å². The maximum atomic E-state index is 12.3. The second-order valence-electron chi connectivity index (χ2n) is 5.22. The van der Waals surface area contributed by atoms with E-state index in [1.54, 1.807) is 18.0 Å². The summed E-state index contributed by atoms with van der Waals surface area (Å²) in [6, 6.07) is 1.71. The number of ether oxygens (including phenoxy) is 1. The maximum Gasteiger partial charge on any atom is 0.252 e. The average Bonchev–Trinajstić information content (AvgIpc) is 2.91. The molecule has 2 heterocycles. The van der Waals surface area contributed by atoms with Crippen LogP contribution in [0.25, 0.3) is 0 Å². The fraction of sp³-hybridized carbons (Fsp3) is 0.643. The predicted octanol–water partition coefficient (Wildman–Crippen LogP) is 0.660. The van der Waals surface area contributed by atoms with Crippen LogP contribution >= 0.6 is 0 Å². The van der Waals surface area contributed by atoms with Crippen LogP contribution in [0.1, 0.15) is 25.0 Å². The van der Waals surface area contributed by atoms with Gasteiger partial charge in [-0.1, -0.05) is 5.16 Å². The van der Waals surface area contributed by atoms with Crippen molar-refractivity contribution in [2.24, 2.45) is 0 Å². The predicted molar refractivity (Wildman–Crippen MR) is 74.2 cm³/mol. The first kappa shape index (κ1) is 15.5. The molecule has 2 amide bonds. The number of hydrogen-bond donors (Lipinski definition) is 0. The van der Waals surface area contributed by atoms with Gasteiger partial charge in [-0.05, 0) is 19.3 Å². The van der Waals surface area contributed by atoms with E-state index < -0.39 is 6.10 Å². The molecule has 1 aromatic heterocycles. The Labute approximate surface area is 123 Å². The van der Waals surface area contributed by atoms with Crippen molar-refractivity contribution in [2.75, 3.05) is 27.2 Å². The third-order valence-electron chi connectivity index (χ3n) is 3.66. The van der Waals surface area contributed by atoms with Gasteiger partial charge in [0.1, 0.15) is 18.1 Å². The van der Waals surface area contributed by atoms with Crippen molar-refractivity contribution in [3.63, 3.8) is 0 Å². The number of hydrogen-bond acceptors (Lipinski definition) is 5. The number of carbonyl (C=O) groups excluding carboxylic acids is 2. The van der Waals surface area contributed by atoms with E-state index in [0.717, 1.165) is 19.3 Å². The number of rotatable bonds is 5. The minimum absolute atomic E-state index is 0.0764. The van der Waals surface area contributed by atoms with Gasteiger partial charge in [0.15, 0.2) is 0 Å². The Morgan fingerprint density at radius 3 is 3.05 bits per heavy atom. The van der Waals surface area contributed by atoms with Gasteiger partial charge in [0, 0.05) is 26.8 Å². The van der Waals surface area contributed by atoms with Crippen LogP contribution in [0.2, 0.25) is 0 Å². The van der Waals surface area contributed by atoms with E-state index in [0.29, 0.717) is 18.8 Å². The highest BCUT2D eigenvalue weighted by molar-refractivity contribution is 5.87. The van der Waals surface area contributed by atoms with Crippen molar-refractivity contribution in [1.29, 1.82) is 0 Å². The molecular formula is C14H21N3O4. The first-order chi connectivity index (χ1) is 10.1. The van der Waals surface area contributed by atoms with Gasteiger partial charge < -0.3 is 19.1 Å². The molecule has 1 atom stereocenters. The third-order valence-corrected chi connectivity index (χ3v) is 3.66. The highest BCUT2D eigenvalue weighted by Gasteiger charge is 2.28. The van der Waals surface area contributed by atoms with Gasteiger partial charge >= 0.3 is 0 Å². The van der Waals surface area contributed by atoms with Crippen LogP contribution in [-0.4, -0.2) is 60.1 Å². The topological polar surface area (TPSA) is 75.9 Å². The molecular weight excluding hydrogens is 274 g/mol. The van der Waals surface area contributed by atoms with Crippen molar-refractivity contribution in [2.45, 2.75) is 31.9 Å². The molecule has 1 saturated heterocycles. The fourth-order valence-electron chi connectivity index (χ4n) is 2.38. The van der Waals surface area contributed by atoms with E-state index in [9.17, 15) is 9.59 Å². The van der Waals surface area contributed by atoms with Crippen LogP contribution < -0.4 is 0 Å². The van der Waals surface area contributed by atoms with Gasteiger partial charge in [0.25, 0.3) is 5.91 Å². The maximum absolute atomic E-state index is 12.3. The largest absolute Gasteiger partial charge is 0.372 e. The first-order valence-corrected chi connectivity index (χ1v) is 7.06. The average molecular weight is 295 g/mol. The normalized spacial score (nSPS) is 19.4. The third kappa shape index (κ3) is 4.04. The molecule has 0 bridgehead atoms. The smallest absolute Gasteiger partial charge is 0.252 e. The molecule has 1 aliphatic rings. The van der Waals surface area contributed by atoms with Crippen LogP contribution in [0.5, 0.6) is 0 Å². The lowest BCUT2D eigenvalue weighted by molar-refractivity contribution is -0.146. The summed E-state index contributed by atoms with van der Waals surface area (Å²) < 4.78 is 9.94. The summed E-state index contributed by atoms with van der Waals surface area (Å²) in [5.41, 5.74) is 0.683. The highest BCUT2D eigenvalue weighted by Crippen LogP contribution is 2.14. The van der Waals surface area contributed by atoms with Gasteiger partial charge in [-0.15, -0.1) is 0 Å². The van der Waals surface area contributed by atoms with Crippen LogP contribution in [0.4, 0.5) is 0 Å². The van der Waals surface area contributed by atoms with Gasteiger partial charge in [-0.3, -0.25) is 9.59 Å². The van der Waals surface area contributed by atoms with E-state index in [4.69, 9.17) is 9.26 Å². The summed E-state index contributed by atoms with van der Waals surface area (Å²) in [7, 11) is 3.22. The first-order valence-electron chi connectivity index (χ1n) is 7.06. The monoisotopic (exact) mass is 295 g/mol. The summed E-state index contributed by atoms with van der Waals surface area (Å²) in [6.45, 7) is 1.04. The number of likely N-dealkylation sites (N-methyl/N-ethyl adjacent to an activating group) is 1. The van der Waals surface area contributed by atoms with Crippen LogP contribution in [0.15, 0.2) is 16.9 Å². The lowest BCUT2D eigenvalue weighted by atomic mass is 10.2. The second-order valence-corrected chi connectivity index (χ2v) is 5.22. The Morgan fingerprint density at radius 1 is 1.57 bits per heavy atom. The number of aromatic nitrogens is 1. The molecule has 0 N–H and O–H groups in total. The summed E-state index contributed by atoms with van der Waals surface area (Å²) in [6.07, 6.45) is 3.58. The quantitative estimate of drug-likeness (QED) is 0.797. The highest BCUT2D eigenvalue weighted by atomic mass is 16.5. The standard InChI is InChI=1S/C14H21N3O4/c1-16(9-11-6-8-21-15-11)13(18)10-17-7-4-3-5-12(20-2)14(17)19/h6,8,12H,3-5,7,9-10H2,1-2H3. The number of amides is 2. The van der Waals surface area contributed by atoms with Crippen molar-refractivity contribution in [3.8, 4) is 0 Å². The summed E-state index contributed by atoms with van der Waals surface area (Å²) in [5, 5.41) is 3.77. The van der Waals surface area contributed by atoms with Crippen molar-refractivity contribution in [3.05, 3.63) is 18.0 Å². The number of carbonyl (C=O) groups is 2. The Balaban J connectivity index is 1.92. The van der Waals surface area contributed by atoms with Gasteiger partial charge in [0.05, 0.1) is 13.1 Å². The van der Waals surface area contributed by atoms with Gasteiger partial charge in [0.2, 0.25) is 5.91 Å². The molecule has 0 aromatic carbocycles. The zero-order chi connectivity index (χ0) is 15.2. The molecule has 1 aromatic rings. The van der Waals surface area contributed by atoms with Gasteiger partial charge in [-0.2, -0.15) is 0 Å². The minimum atomic E-state index is -0.429. The van der Waals surface area contributed by atoms with Crippen LogP contribution in [0.3, 0.4) is 0 Å². The Bertz CT molecular complexity index is 475. The van der Waals surface area contributed by atoms with E-state index in [1.165, 1.54) is 18.3 Å². The lowest BCUT2D eigenvalue weighted by Gasteiger charge is -2.25. The molecule has 7 nitrogen and oxygen atoms in total. The van der Waals surface area contributed by atoms with E-state index in [2.05, 4.69) is 5.16 Å². The van der Waals surface area contributed by atoms with Crippen molar-refractivity contribution < 1.29 is 18.8 Å².